The molecule has 1 aromatic heterocycles. The Morgan fingerprint density at radius 1 is 1.33 bits per heavy atom. The number of hydrogen-bond donors (Lipinski definition) is 1. The minimum absolute atomic E-state index is 0.343. The Morgan fingerprint density at radius 3 is 2.76 bits per heavy atom. The molecule has 0 aliphatic heterocycles. The molecule has 0 amide bonds. The summed E-state index contributed by atoms with van der Waals surface area (Å²) in [6, 6.07) is 9.98. The summed E-state index contributed by atoms with van der Waals surface area (Å²) in [5.41, 5.74) is 2.17. The minimum atomic E-state index is -0.486. The van der Waals surface area contributed by atoms with Gasteiger partial charge in [-0.2, -0.15) is 0 Å². The van der Waals surface area contributed by atoms with Crippen molar-refractivity contribution in [3.8, 4) is 0 Å². The first kappa shape index (κ1) is 16.1. The van der Waals surface area contributed by atoms with E-state index >= 15 is 0 Å². The summed E-state index contributed by atoms with van der Waals surface area (Å²) in [4.78, 5) is 6.49. The number of rotatable bonds is 8. The predicted molar refractivity (Wildman–Crippen MR) is 85.3 cm³/mol. The Labute approximate surface area is 130 Å². The summed E-state index contributed by atoms with van der Waals surface area (Å²) in [6.07, 6.45) is -0.486. The number of likely N-dealkylation sites (N-methyl/N-ethyl adjacent to an activating group) is 1. The fourth-order valence-corrected chi connectivity index (χ4v) is 2.92. The van der Waals surface area contributed by atoms with Crippen LogP contribution in [0, 0.1) is 6.92 Å². The maximum atomic E-state index is 10.00. The van der Waals surface area contributed by atoms with Crippen LogP contribution in [-0.2, 0) is 17.9 Å². The van der Waals surface area contributed by atoms with E-state index in [1.165, 1.54) is 0 Å². The zero-order chi connectivity index (χ0) is 15.1. The largest absolute Gasteiger partial charge is 0.389 e. The third-order valence-corrected chi connectivity index (χ3v) is 3.97. The zero-order valence-corrected chi connectivity index (χ0v) is 13.3. The van der Waals surface area contributed by atoms with Gasteiger partial charge in [-0.15, -0.1) is 11.3 Å². The lowest BCUT2D eigenvalue weighted by molar-refractivity contribution is 0.0127. The van der Waals surface area contributed by atoms with E-state index in [0.717, 1.165) is 22.8 Å². The molecule has 1 heterocycles. The van der Waals surface area contributed by atoms with E-state index in [0.29, 0.717) is 19.8 Å². The van der Waals surface area contributed by atoms with Gasteiger partial charge in [0.2, 0.25) is 0 Å². The summed E-state index contributed by atoms with van der Waals surface area (Å²) in [6.45, 7) is 4.21. The molecule has 0 aliphatic carbocycles. The van der Waals surface area contributed by atoms with Crippen LogP contribution in [-0.4, -0.2) is 41.3 Å². The lowest BCUT2D eigenvalue weighted by Gasteiger charge is -2.19. The molecule has 0 saturated carbocycles. The average Bonchev–Trinajstić information content (AvgIpc) is 2.85. The van der Waals surface area contributed by atoms with E-state index in [1.807, 2.05) is 49.7 Å². The van der Waals surface area contributed by atoms with Crippen LogP contribution >= 0.6 is 11.3 Å². The van der Waals surface area contributed by atoms with Gasteiger partial charge in [0.15, 0.2) is 0 Å². The van der Waals surface area contributed by atoms with E-state index in [9.17, 15) is 5.11 Å². The van der Waals surface area contributed by atoms with Crippen LogP contribution in [0.25, 0.3) is 0 Å². The molecule has 2 rings (SSSR count). The van der Waals surface area contributed by atoms with Crippen LogP contribution in [0.5, 0.6) is 0 Å². The van der Waals surface area contributed by atoms with Crippen molar-refractivity contribution < 1.29 is 9.84 Å². The third kappa shape index (κ3) is 5.93. The Bertz CT molecular complexity index is 530. The quantitative estimate of drug-likeness (QED) is 0.814. The van der Waals surface area contributed by atoms with Crippen LogP contribution in [0.1, 0.15) is 16.3 Å². The van der Waals surface area contributed by atoms with Gasteiger partial charge in [0.1, 0.15) is 5.01 Å². The Balaban J connectivity index is 1.65. The first-order chi connectivity index (χ1) is 10.1. The van der Waals surface area contributed by atoms with Gasteiger partial charge < -0.3 is 9.84 Å². The van der Waals surface area contributed by atoms with E-state index in [4.69, 9.17) is 4.74 Å². The van der Waals surface area contributed by atoms with Crippen LogP contribution < -0.4 is 0 Å². The summed E-state index contributed by atoms with van der Waals surface area (Å²) in [7, 11) is 1.98. The first-order valence-corrected chi connectivity index (χ1v) is 7.90. The molecule has 0 radical (unpaired) electrons. The van der Waals surface area contributed by atoms with Crippen LogP contribution in [0.4, 0.5) is 0 Å². The highest BCUT2D eigenvalue weighted by atomic mass is 32.1. The molecule has 1 unspecified atom stereocenters. The van der Waals surface area contributed by atoms with E-state index in [2.05, 4.69) is 9.88 Å². The van der Waals surface area contributed by atoms with E-state index in [1.54, 1.807) is 11.3 Å². The number of aliphatic hydroxyl groups is 1. The smallest absolute Gasteiger partial charge is 0.107 e. The molecule has 4 nitrogen and oxygen atoms in total. The van der Waals surface area contributed by atoms with Gasteiger partial charge in [-0.25, -0.2) is 4.98 Å². The average molecular weight is 306 g/mol. The van der Waals surface area contributed by atoms with Crippen LogP contribution in [0.3, 0.4) is 0 Å². The second-order valence-corrected chi connectivity index (χ2v) is 6.18. The number of ether oxygens (including phenoxy) is 1. The lowest BCUT2D eigenvalue weighted by Crippen LogP contribution is -2.31. The molecule has 2 aromatic rings. The molecule has 0 bridgehead atoms. The summed E-state index contributed by atoms with van der Waals surface area (Å²) in [5.74, 6) is 0. The molecule has 5 heteroatoms. The van der Waals surface area contributed by atoms with Crippen molar-refractivity contribution >= 4 is 11.3 Å². The standard InChI is InChI=1S/C16H22N2O2S/c1-13-12-21-16(17-13)9-18(2)8-15(19)11-20-10-14-6-4-3-5-7-14/h3-7,12,15,19H,8-11H2,1-2H3. The maximum absolute atomic E-state index is 10.00. The Morgan fingerprint density at radius 2 is 2.10 bits per heavy atom. The Hall–Kier alpha value is -1.27. The van der Waals surface area contributed by atoms with Gasteiger partial charge >= 0.3 is 0 Å². The second-order valence-electron chi connectivity index (χ2n) is 5.23. The van der Waals surface area contributed by atoms with E-state index < -0.39 is 6.10 Å². The fraction of sp³-hybridized carbons (Fsp3) is 0.438. The van der Waals surface area contributed by atoms with Gasteiger partial charge in [0.05, 0.1) is 25.9 Å². The van der Waals surface area contributed by atoms with Gasteiger partial charge in [0, 0.05) is 17.6 Å². The third-order valence-electron chi connectivity index (χ3n) is 3.02. The number of benzene rings is 1. The molecule has 0 spiro atoms. The van der Waals surface area contributed by atoms with E-state index in [-0.39, 0.29) is 0 Å². The molecule has 0 saturated heterocycles. The van der Waals surface area contributed by atoms with Crippen molar-refractivity contribution in [1.29, 1.82) is 0 Å². The summed E-state index contributed by atoms with van der Waals surface area (Å²) < 4.78 is 5.55. The summed E-state index contributed by atoms with van der Waals surface area (Å²) >= 11 is 1.65. The van der Waals surface area contributed by atoms with Crippen LogP contribution in [0.2, 0.25) is 0 Å². The molecule has 1 atom stereocenters. The number of aliphatic hydroxyl groups excluding tert-OH is 1. The number of aryl methyl sites for hydroxylation is 1. The molecular formula is C16H22N2O2S. The minimum Gasteiger partial charge on any atom is -0.389 e. The monoisotopic (exact) mass is 306 g/mol. The van der Waals surface area contributed by atoms with Crippen LogP contribution in [0.15, 0.2) is 35.7 Å². The molecule has 114 valence electrons. The van der Waals surface area contributed by atoms with Gasteiger partial charge in [-0.05, 0) is 19.5 Å². The van der Waals surface area contributed by atoms with Gasteiger partial charge in [-0.3, -0.25) is 4.90 Å². The van der Waals surface area contributed by atoms with Crippen molar-refractivity contribution in [1.82, 2.24) is 9.88 Å². The topological polar surface area (TPSA) is 45.6 Å². The molecule has 21 heavy (non-hydrogen) atoms. The van der Waals surface area contributed by atoms with Crippen molar-refractivity contribution in [2.24, 2.45) is 0 Å². The second kappa shape index (κ2) is 8.24. The molecule has 0 aliphatic rings. The number of aromatic nitrogens is 1. The van der Waals surface area contributed by atoms with Crippen molar-refractivity contribution in [3.63, 3.8) is 0 Å². The maximum Gasteiger partial charge on any atom is 0.107 e. The van der Waals surface area contributed by atoms with Gasteiger partial charge in [-0.1, -0.05) is 30.3 Å². The molecule has 1 N–H and O–H groups in total. The first-order valence-electron chi connectivity index (χ1n) is 7.03. The molecular weight excluding hydrogens is 284 g/mol. The zero-order valence-electron chi connectivity index (χ0n) is 12.5. The fourth-order valence-electron chi connectivity index (χ4n) is 2.07. The number of thiazole rings is 1. The highest BCUT2D eigenvalue weighted by Gasteiger charge is 2.10. The number of nitrogens with zero attached hydrogens (tertiary/aromatic N) is 2. The number of hydrogen-bond acceptors (Lipinski definition) is 5. The van der Waals surface area contributed by atoms with Crippen molar-refractivity contribution in [2.45, 2.75) is 26.2 Å². The highest BCUT2D eigenvalue weighted by molar-refractivity contribution is 7.09. The van der Waals surface area contributed by atoms with Crippen molar-refractivity contribution in [3.05, 3.63) is 52.0 Å². The highest BCUT2D eigenvalue weighted by Crippen LogP contribution is 2.11. The molecule has 0 fully saturated rings. The normalized spacial score (nSPS) is 12.8. The Kier molecular flexibility index (Phi) is 6.32. The SMILES string of the molecule is Cc1csc(CN(C)CC(O)COCc2ccccc2)n1. The van der Waals surface area contributed by atoms with Crippen molar-refractivity contribution in [2.75, 3.05) is 20.2 Å². The summed E-state index contributed by atoms with van der Waals surface area (Å²) in [5, 5.41) is 13.1. The lowest BCUT2D eigenvalue weighted by atomic mass is 10.2. The predicted octanol–water partition coefficient (Wildman–Crippen LogP) is 2.46. The molecule has 1 aromatic carbocycles. The van der Waals surface area contributed by atoms with Gasteiger partial charge in [0.25, 0.3) is 0 Å².